The number of rotatable bonds is 5. The highest BCUT2D eigenvalue weighted by atomic mass is 32.2. The summed E-state index contributed by atoms with van der Waals surface area (Å²) in [4.78, 5) is 11.7. The van der Waals surface area contributed by atoms with Crippen molar-refractivity contribution in [3.63, 3.8) is 0 Å². The molecule has 0 aromatic heterocycles. The van der Waals surface area contributed by atoms with E-state index in [4.69, 9.17) is 4.74 Å². The number of ether oxygens (including phenoxy) is 1. The molecular weight excluding hydrogens is 308 g/mol. The first-order valence-corrected chi connectivity index (χ1v) is 8.33. The van der Waals surface area contributed by atoms with Gasteiger partial charge < -0.3 is 9.84 Å². The molecule has 1 aliphatic rings. The number of piperidine rings is 1. The summed E-state index contributed by atoms with van der Waals surface area (Å²) in [5.41, 5.74) is -1.39. The summed E-state index contributed by atoms with van der Waals surface area (Å²) in [6, 6.07) is 8.71. The van der Waals surface area contributed by atoms with Crippen LogP contribution in [0.3, 0.4) is 0 Å². The fraction of sp³-hybridized carbons (Fsp3) is 0.500. The van der Waals surface area contributed by atoms with Crippen LogP contribution in [0.15, 0.2) is 30.3 Å². The SMILES string of the molecule is CN(C)S(=O)(=O)N1CCC(Oc2ccccc2)(C(=O)O)CC1. The number of hydrogen-bond donors (Lipinski definition) is 1. The monoisotopic (exact) mass is 328 g/mol. The van der Waals surface area contributed by atoms with Crippen LogP contribution in [-0.4, -0.2) is 60.9 Å². The van der Waals surface area contributed by atoms with E-state index in [1.807, 2.05) is 6.07 Å². The summed E-state index contributed by atoms with van der Waals surface area (Å²) in [5.74, 6) is -0.605. The van der Waals surface area contributed by atoms with E-state index in [0.717, 1.165) is 4.31 Å². The Morgan fingerprint density at radius 2 is 1.77 bits per heavy atom. The first-order valence-electron chi connectivity index (χ1n) is 6.93. The van der Waals surface area contributed by atoms with Gasteiger partial charge in [0.15, 0.2) is 0 Å². The molecule has 0 saturated carbocycles. The molecule has 1 aromatic carbocycles. The van der Waals surface area contributed by atoms with Gasteiger partial charge in [0.2, 0.25) is 5.60 Å². The Hall–Kier alpha value is -1.64. The van der Waals surface area contributed by atoms with Crippen molar-refractivity contribution in [2.75, 3.05) is 27.2 Å². The fourth-order valence-corrected chi connectivity index (χ4v) is 3.49. The van der Waals surface area contributed by atoms with E-state index in [9.17, 15) is 18.3 Å². The molecule has 1 heterocycles. The molecule has 0 radical (unpaired) electrons. The predicted molar refractivity (Wildman–Crippen MR) is 80.9 cm³/mol. The lowest BCUT2D eigenvalue weighted by Gasteiger charge is -2.38. The second kappa shape index (κ2) is 6.23. The van der Waals surface area contributed by atoms with Crippen LogP contribution in [0, 0.1) is 0 Å². The van der Waals surface area contributed by atoms with Gasteiger partial charge in [-0.2, -0.15) is 17.0 Å². The molecule has 0 bridgehead atoms. The summed E-state index contributed by atoms with van der Waals surface area (Å²) >= 11 is 0. The first-order chi connectivity index (χ1) is 10.3. The molecule has 0 unspecified atom stereocenters. The third-order valence-corrected chi connectivity index (χ3v) is 5.70. The van der Waals surface area contributed by atoms with Gasteiger partial charge in [0.1, 0.15) is 5.75 Å². The van der Waals surface area contributed by atoms with Crippen molar-refractivity contribution >= 4 is 16.2 Å². The molecule has 1 N–H and O–H groups in total. The van der Waals surface area contributed by atoms with Crippen LogP contribution in [0.1, 0.15) is 12.8 Å². The first kappa shape index (κ1) is 16.7. The molecule has 0 amide bonds. The van der Waals surface area contributed by atoms with Crippen LogP contribution in [-0.2, 0) is 15.0 Å². The van der Waals surface area contributed by atoms with Crippen molar-refractivity contribution in [2.24, 2.45) is 0 Å². The van der Waals surface area contributed by atoms with Crippen molar-refractivity contribution in [1.29, 1.82) is 0 Å². The van der Waals surface area contributed by atoms with E-state index in [-0.39, 0.29) is 25.9 Å². The molecule has 0 atom stereocenters. The van der Waals surface area contributed by atoms with Gasteiger partial charge in [-0.15, -0.1) is 0 Å². The number of nitrogens with zero attached hydrogens (tertiary/aromatic N) is 2. The summed E-state index contributed by atoms with van der Waals surface area (Å²) < 4.78 is 32.3. The van der Waals surface area contributed by atoms with E-state index < -0.39 is 21.8 Å². The molecule has 0 spiro atoms. The average molecular weight is 328 g/mol. The van der Waals surface area contributed by atoms with Gasteiger partial charge >= 0.3 is 5.97 Å². The van der Waals surface area contributed by atoms with Crippen LogP contribution in [0.5, 0.6) is 5.75 Å². The zero-order valence-electron chi connectivity index (χ0n) is 12.6. The number of carbonyl (C=O) groups is 1. The smallest absolute Gasteiger partial charge is 0.348 e. The van der Waals surface area contributed by atoms with Crippen molar-refractivity contribution in [2.45, 2.75) is 18.4 Å². The Morgan fingerprint density at radius 1 is 1.23 bits per heavy atom. The van der Waals surface area contributed by atoms with Crippen LogP contribution < -0.4 is 4.74 Å². The zero-order chi connectivity index (χ0) is 16.4. The number of aliphatic carboxylic acids is 1. The third kappa shape index (κ3) is 3.23. The highest BCUT2D eigenvalue weighted by Crippen LogP contribution is 2.30. The van der Waals surface area contributed by atoms with Crippen molar-refractivity contribution in [1.82, 2.24) is 8.61 Å². The van der Waals surface area contributed by atoms with Gasteiger partial charge in [0, 0.05) is 40.0 Å². The maximum absolute atomic E-state index is 12.1. The Kier molecular flexibility index (Phi) is 4.74. The lowest BCUT2D eigenvalue weighted by atomic mass is 9.92. The normalized spacial score (nSPS) is 19.0. The highest BCUT2D eigenvalue weighted by Gasteiger charge is 2.46. The molecule has 0 aliphatic carbocycles. The standard InChI is InChI=1S/C14H20N2O5S/c1-15(2)22(19,20)16-10-8-14(9-11-16,13(17)18)21-12-6-4-3-5-7-12/h3-7H,8-11H2,1-2H3,(H,17,18). The molecule has 1 aliphatic heterocycles. The van der Waals surface area contributed by atoms with Crippen LogP contribution in [0.2, 0.25) is 0 Å². The van der Waals surface area contributed by atoms with Gasteiger partial charge in [-0.05, 0) is 12.1 Å². The summed E-state index contributed by atoms with van der Waals surface area (Å²) in [7, 11) is -0.624. The number of para-hydroxylation sites is 1. The van der Waals surface area contributed by atoms with Gasteiger partial charge in [0.05, 0.1) is 0 Å². The number of carboxylic acid groups (broad SMARTS) is 1. The minimum absolute atomic E-state index is 0.101. The van der Waals surface area contributed by atoms with Gasteiger partial charge in [-0.1, -0.05) is 18.2 Å². The molecule has 7 nitrogen and oxygen atoms in total. The van der Waals surface area contributed by atoms with Crippen molar-refractivity contribution in [3.8, 4) is 5.75 Å². The molecular formula is C14H20N2O5S. The average Bonchev–Trinajstić information content (AvgIpc) is 2.48. The Bertz CT molecular complexity index is 622. The second-order valence-corrected chi connectivity index (χ2v) is 7.55. The Morgan fingerprint density at radius 3 is 2.23 bits per heavy atom. The minimum Gasteiger partial charge on any atom is -0.478 e. The van der Waals surface area contributed by atoms with E-state index >= 15 is 0 Å². The zero-order valence-corrected chi connectivity index (χ0v) is 13.4. The lowest BCUT2D eigenvalue weighted by molar-refractivity contribution is -0.158. The number of benzene rings is 1. The summed E-state index contributed by atoms with van der Waals surface area (Å²) in [6.07, 6.45) is 0.203. The van der Waals surface area contributed by atoms with Crippen LogP contribution >= 0.6 is 0 Å². The molecule has 22 heavy (non-hydrogen) atoms. The fourth-order valence-electron chi connectivity index (χ4n) is 2.38. The largest absolute Gasteiger partial charge is 0.478 e. The molecule has 2 rings (SSSR count). The van der Waals surface area contributed by atoms with E-state index in [2.05, 4.69) is 0 Å². The Balaban J connectivity index is 2.15. The predicted octanol–water partition coefficient (Wildman–Crippen LogP) is 0.791. The topological polar surface area (TPSA) is 87.2 Å². The molecule has 1 aromatic rings. The van der Waals surface area contributed by atoms with Gasteiger partial charge in [-0.3, -0.25) is 0 Å². The van der Waals surface area contributed by atoms with Crippen LogP contribution in [0.25, 0.3) is 0 Å². The quantitative estimate of drug-likeness (QED) is 0.863. The van der Waals surface area contributed by atoms with E-state index in [1.54, 1.807) is 24.3 Å². The number of carboxylic acids is 1. The van der Waals surface area contributed by atoms with Crippen LogP contribution in [0.4, 0.5) is 0 Å². The van der Waals surface area contributed by atoms with Crippen molar-refractivity contribution in [3.05, 3.63) is 30.3 Å². The minimum atomic E-state index is -3.53. The Labute approximate surface area is 130 Å². The third-order valence-electron chi connectivity index (χ3n) is 3.76. The van der Waals surface area contributed by atoms with Crippen molar-refractivity contribution < 1.29 is 23.1 Å². The second-order valence-electron chi connectivity index (χ2n) is 5.40. The molecule has 1 saturated heterocycles. The molecule has 1 fully saturated rings. The van der Waals surface area contributed by atoms with Gasteiger partial charge in [-0.25, -0.2) is 4.79 Å². The summed E-state index contributed by atoms with van der Waals surface area (Å²) in [6.45, 7) is 0.222. The summed E-state index contributed by atoms with van der Waals surface area (Å²) in [5, 5.41) is 9.54. The lowest BCUT2D eigenvalue weighted by Crippen LogP contribution is -2.55. The molecule has 122 valence electrons. The van der Waals surface area contributed by atoms with E-state index in [0.29, 0.717) is 5.75 Å². The number of hydrogen-bond acceptors (Lipinski definition) is 4. The van der Waals surface area contributed by atoms with Gasteiger partial charge in [0.25, 0.3) is 10.2 Å². The highest BCUT2D eigenvalue weighted by molar-refractivity contribution is 7.86. The maximum atomic E-state index is 12.1. The van der Waals surface area contributed by atoms with E-state index in [1.165, 1.54) is 18.4 Å². The molecule has 8 heteroatoms. The maximum Gasteiger partial charge on any atom is 0.348 e.